The second-order valence-corrected chi connectivity index (χ2v) is 13.6. The zero-order valence-corrected chi connectivity index (χ0v) is 21.3. The molecule has 0 aromatic rings. The highest BCUT2D eigenvalue weighted by molar-refractivity contribution is 6.02. The Hall–Kier alpha value is -1.73. The van der Waals surface area contributed by atoms with E-state index in [0.717, 1.165) is 44.9 Å². The summed E-state index contributed by atoms with van der Waals surface area (Å²) in [4.78, 5) is 26.9. The summed E-state index contributed by atoms with van der Waals surface area (Å²) in [5, 5.41) is 9.70. The Labute approximate surface area is 199 Å². The molecule has 8 atom stereocenters. The number of rotatable bonds is 0. The van der Waals surface area contributed by atoms with Crippen molar-refractivity contribution >= 4 is 11.6 Å². The van der Waals surface area contributed by atoms with Crippen molar-refractivity contribution < 1.29 is 9.59 Å². The molecule has 3 saturated carbocycles. The van der Waals surface area contributed by atoms with Crippen molar-refractivity contribution in [2.75, 3.05) is 0 Å². The molecule has 0 aliphatic heterocycles. The Morgan fingerprint density at radius 3 is 2.33 bits per heavy atom. The van der Waals surface area contributed by atoms with Crippen molar-refractivity contribution in [2.24, 2.45) is 51.1 Å². The average molecular weight is 449 g/mol. The second-order valence-electron chi connectivity index (χ2n) is 13.6. The summed E-state index contributed by atoms with van der Waals surface area (Å²) in [6.07, 6.45) is 10.9. The lowest BCUT2D eigenvalue weighted by atomic mass is 9.36. The average Bonchev–Trinajstić information content (AvgIpc) is 2.74. The molecule has 0 radical (unpaired) electrons. The summed E-state index contributed by atoms with van der Waals surface area (Å²) in [5.41, 5.74) is 7.75. The molecule has 178 valence electrons. The van der Waals surface area contributed by atoms with Crippen LogP contribution in [0.3, 0.4) is 0 Å². The molecule has 0 bridgehead atoms. The van der Waals surface area contributed by atoms with Gasteiger partial charge in [-0.25, -0.2) is 0 Å². The van der Waals surface area contributed by atoms with Gasteiger partial charge in [-0.1, -0.05) is 53.2 Å². The van der Waals surface area contributed by atoms with Crippen LogP contribution in [0.15, 0.2) is 23.3 Å². The van der Waals surface area contributed by atoms with Crippen LogP contribution in [-0.2, 0) is 9.59 Å². The third-order valence-corrected chi connectivity index (χ3v) is 11.6. The van der Waals surface area contributed by atoms with Crippen LogP contribution >= 0.6 is 0 Å². The number of hydrogen-bond acceptors (Lipinski definition) is 4. The van der Waals surface area contributed by atoms with E-state index in [2.05, 4.69) is 40.7 Å². The molecule has 0 heterocycles. The van der Waals surface area contributed by atoms with Gasteiger partial charge in [0.1, 0.15) is 6.07 Å². The molecule has 0 spiro atoms. The Morgan fingerprint density at radius 2 is 1.67 bits per heavy atom. The zero-order valence-electron chi connectivity index (χ0n) is 21.3. The molecule has 0 saturated heterocycles. The second kappa shape index (κ2) is 6.69. The van der Waals surface area contributed by atoms with Crippen molar-refractivity contribution in [3.8, 4) is 6.07 Å². The number of nitrogens with zero attached hydrogens (tertiary/aromatic N) is 1. The van der Waals surface area contributed by atoms with Crippen molar-refractivity contribution in [1.82, 2.24) is 0 Å². The number of carbonyl (C=O) groups excluding carboxylic acids is 2. The number of carbonyl (C=O) groups is 2. The minimum Gasteiger partial charge on any atom is -0.325 e. The lowest BCUT2D eigenvalue weighted by Crippen LogP contribution is -2.68. The quantitative estimate of drug-likeness (QED) is 0.528. The number of Topliss-reactive ketones (excluding diaryl/α,β-unsaturated/α-hetero) is 1. The zero-order chi connectivity index (χ0) is 24.2. The van der Waals surface area contributed by atoms with E-state index in [1.807, 2.05) is 19.1 Å². The van der Waals surface area contributed by atoms with E-state index in [1.54, 1.807) is 0 Å². The molecule has 2 N–H and O–H groups in total. The normalized spacial score (nSPS) is 50.6. The molecule has 5 rings (SSSR count). The molecule has 3 fully saturated rings. The van der Waals surface area contributed by atoms with Gasteiger partial charge in [0.05, 0.1) is 5.57 Å². The molecule has 0 amide bonds. The summed E-state index contributed by atoms with van der Waals surface area (Å²) in [5.74, 6) is 0.311. The first-order chi connectivity index (χ1) is 15.2. The van der Waals surface area contributed by atoms with Crippen molar-refractivity contribution in [2.45, 2.75) is 92.0 Å². The summed E-state index contributed by atoms with van der Waals surface area (Å²) in [6, 6.07) is 2.16. The lowest BCUT2D eigenvalue weighted by molar-refractivity contribution is -0.156. The van der Waals surface area contributed by atoms with Gasteiger partial charge in [-0.2, -0.15) is 5.26 Å². The van der Waals surface area contributed by atoms with Crippen LogP contribution in [0.5, 0.6) is 0 Å². The van der Waals surface area contributed by atoms with Gasteiger partial charge in [-0.3, -0.25) is 9.59 Å². The van der Waals surface area contributed by atoms with Gasteiger partial charge in [0, 0.05) is 22.8 Å². The first-order valence-corrected chi connectivity index (χ1v) is 13.0. The number of fused-ring (bicyclic) bond motifs is 7. The highest BCUT2D eigenvalue weighted by atomic mass is 16.1. The molecule has 4 heteroatoms. The molecule has 33 heavy (non-hydrogen) atoms. The maximum Gasteiger partial charge on any atom is 0.176 e. The van der Waals surface area contributed by atoms with Crippen LogP contribution in [-0.4, -0.2) is 17.1 Å². The van der Waals surface area contributed by atoms with Crippen molar-refractivity contribution in [3.63, 3.8) is 0 Å². The predicted molar refractivity (Wildman–Crippen MR) is 129 cm³/mol. The Morgan fingerprint density at radius 1 is 1.00 bits per heavy atom. The summed E-state index contributed by atoms with van der Waals surface area (Å²) < 4.78 is 0. The standard InChI is InChI=1S/C29H40N2O2/c1-17-19-7-8-27(5)22(26(19,4)14-18(16-30)24(17)33)13-21(32)23-20-15-25(2,3)9-11-29(20,31)12-10-28(23,27)6/h13-14,17,19-20,23H,7-12,15,31H2,1-6H3/t17-,19-,20?,23?,26-,27+,28+,29-/m0/s1. The maximum atomic E-state index is 14.1. The third-order valence-electron chi connectivity index (χ3n) is 11.6. The number of ketones is 2. The van der Waals surface area contributed by atoms with E-state index in [0.29, 0.717) is 0 Å². The number of nitriles is 1. The van der Waals surface area contributed by atoms with Crippen LogP contribution in [0.4, 0.5) is 0 Å². The fourth-order valence-corrected chi connectivity index (χ4v) is 9.29. The number of allylic oxidation sites excluding steroid dienone is 4. The van der Waals surface area contributed by atoms with Crippen LogP contribution in [0.25, 0.3) is 0 Å². The SMILES string of the molecule is C[C@@H]1C(=O)C(C#N)=C[C@]2(C)C3=CC(=O)C4C5CC(C)(C)CC[C@]5(N)CC[C@@]4(C)[C@]3(C)CC[C@@H]12. The Balaban J connectivity index is 1.68. The number of hydrogen-bond donors (Lipinski definition) is 1. The van der Waals surface area contributed by atoms with Gasteiger partial charge in [0.15, 0.2) is 11.6 Å². The fourth-order valence-electron chi connectivity index (χ4n) is 9.29. The predicted octanol–water partition coefficient (Wildman–Crippen LogP) is 5.53. The molecule has 0 aromatic carbocycles. The van der Waals surface area contributed by atoms with E-state index in [-0.39, 0.29) is 62.6 Å². The third kappa shape index (κ3) is 2.78. The summed E-state index contributed by atoms with van der Waals surface area (Å²) in [6.45, 7) is 13.5. The van der Waals surface area contributed by atoms with E-state index in [1.165, 1.54) is 5.57 Å². The van der Waals surface area contributed by atoms with Crippen LogP contribution < -0.4 is 5.73 Å². The first-order valence-electron chi connectivity index (χ1n) is 13.0. The van der Waals surface area contributed by atoms with E-state index >= 15 is 0 Å². The molecule has 5 aliphatic carbocycles. The summed E-state index contributed by atoms with van der Waals surface area (Å²) >= 11 is 0. The van der Waals surface area contributed by atoms with Gasteiger partial charge in [-0.05, 0) is 79.1 Å². The minimum absolute atomic E-state index is 0.0366. The molecule has 4 nitrogen and oxygen atoms in total. The molecule has 0 aromatic heterocycles. The van der Waals surface area contributed by atoms with Crippen molar-refractivity contribution in [1.29, 1.82) is 5.26 Å². The van der Waals surface area contributed by atoms with E-state index < -0.39 is 5.41 Å². The monoisotopic (exact) mass is 448 g/mol. The molecule has 5 aliphatic rings. The molecular formula is C29H40N2O2. The first kappa shape index (κ1) is 23.0. The Bertz CT molecular complexity index is 1050. The lowest BCUT2D eigenvalue weighted by Gasteiger charge is -2.68. The van der Waals surface area contributed by atoms with Crippen LogP contribution in [0, 0.1) is 56.7 Å². The van der Waals surface area contributed by atoms with Crippen LogP contribution in [0.1, 0.15) is 86.5 Å². The molecular weight excluding hydrogens is 408 g/mol. The van der Waals surface area contributed by atoms with Gasteiger partial charge in [0.2, 0.25) is 0 Å². The largest absolute Gasteiger partial charge is 0.325 e. The van der Waals surface area contributed by atoms with E-state index in [4.69, 9.17) is 5.73 Å². The smallest absolute Gasteiger partial charge is 0.176 e. The highest BCUT2D eigenvalue weighted by Gasteiger charge is 2.68. The topological polar surface area (TPSA) is 84.0 Å². The molecule has 2 unspecified atom stereocenters. The van der Waals surface area contributed by atoms with Gasteiger partial charge in [-0.15, -0.1) is 0 Å². The van der Waals surface area contributed by atoms with Gasteiger partial charge in [0.25, 0.3) is 0 Å². The highest BCUT2D eigenvalue weighted by Crippen LogP contribution is 2.72. The fraction of sp³-hybridized carbons (Fsp3) is 0.759. The maximum absolute atomic E-state index is 14.1. The van der Waals surface area contributed by atoms with Gasteiger partial charge < -0.3 is 5.73 Å². The van der Waals surface area contributed by atoms with Crippen molar-refractivity contribution in [3.05, 3.63) is 23.3 Å². The Kier molecular flexibility index (Phi) is 4.67. The van der Waals surface area contributed by atoms with E-state index in [9.17, 15) is 14.9 Å². The minimum atomic E-state index is -0.432. The summed E-state index contributed by atoms with van der Waals surface area (Å²) in [7, 11) is 0. The number of nitrogens with two attached hydrogens (primary N) is 1. The van der Waals surface area contributed by atoms with Crippen LogP contribution in [0.2, 0.25) is 0 Å². The van der Waals surface area contributed by atoms with Gasteiger partial charge >= 0.3 is 0 Å².